The molecule has 0 fully saturated rings. The first kappa shape index (κ1) is 20.7. The van der Waals surface area contributed by atoms with Crippen LogP contribution < -0.4 is 15.4 Å². The number of amides is 1. The summed E-state index contributed by atoms with van der Waals surface area (Å²) in [6.07, 6.45) is 0. The second-order valence-corrected chi connectivity index (χ2v) is 7.46. The molecule has 2 N–H and O–H groups in total. The molecule has 3 aromatic rings. The number of benzene rings is 3. The SMILES string of the molecule is Cc1ccc(NC(=O)COc2cccc(CNc3cccc(C)c3C)c2)cc1Cl. The van der Waals surface area contributed by atoms with Crippen LogP contribution in [0.5, 0.6) is 5.75 Å². The largest absolute Gasteiger partial charge is 0.484 e. The zero-order valence-electron chi connectivity index (χ0n) is 16.9. The smallest absolute Gasteiger partial charge is 0.262 e. The second-order valence-electron chi connectivity index (χ2n) is 7.05. The number of ether oxygens (including phenoxy) is 1. The number of carbonyl (C=O) groups is 1. The van der Waals surface area contributed by atoms with E-state index in [4.69, 9.17) is 16.3 Å². The van der Waals surface area contributed by atoms with E-state index in [1.54, 1.807) is 6.07 Å². The maximum atomic E-state index is 12.2. The Hall–Kier alpha value is -2.98. The molecule has 1 amide bonds. The summed E-state index contributed by atoms with van der Waals surface area (Å²) >= 11 is 6.09. The van der Waals surface area contributed by atoms with E-state index >= 15 is 0 Å². The molecule has 150 valence electrons. The second kappa shape index (κ2) is 9.48. The van der Waals surface area contributed by atoms with Crippen molar-refractivity contribution in [2.75, 3.05) is 17.2 Å². The summed E-state index contributed by atoms with van der Waals surface area (Å²) in [6.45, 7) is 6.73. The first-order valence-electron chi connectivity index (χ1n) is 9.50. The molecule has 0 atom stereocenters. The Balaban J connectivity index is 1.54. The standard InChI is InChI=1S/C24H25ClN2O2/c1-16-6-4-9-23(18(16)3)26-14-19-7-5-8-21(12-19)29-15-24(28)27-20-11-10-17(2)22(25)13-20/h4-13,26H,14-15H2,1-3H3,(H,27,28). The summed E-state index contributed by atoms with van der Waals surface area (Å²) in [5.41, 5.74) is 6.32. The quantitative estimate of drug-likeness (QED) is 0.512. The highest BCUT2D eigenvalue weighted by molar-refractivity contribution is 6.31. The Morgan fingerprint density at radius 3 is 2.55 bits per heavy atom. The number of aryl methyl sites for hydroxylation is 2. The molecule has 0 spiro atoms. The number of carbonyl (C=O) groups excluding carboxylic acids is 1. The van der Waals surface area contributed by atoms with Crippen LogP contribution in [-0.2, 0) is 11.3 Å². The van der Waals surface area contributed by atoms with Gasteiger partial charge in [-0.05, 0) is 73.4 Å². The fourth-order valence-electron chi connectivity index (χ4n) is 2.90. The fourth-order valence-corrected chi connectivity index (χ4v) is 3.08. The summed E-state index contributed by atoms with van der Waals surface area (Å²) < 4.78 is 5.66. The van der Waals surface area contributed by atoms with Gasteiger partial charge in [0, 0.05) is 22.9 Å². The van der Waals surface area contributed by atoms with Gasteiger partial charge in [0.05, 0.1) is 0 Å². The minimum atomic E-state index is -0.233. The van der Waals surface area contributed by atoms with E-state index in [1.807, 2.05) is 49.4 Å². The van der Waals surface area contributed by atoms with Crippen molar-refractivity contribution in [1.29, 1.82) is 0 Å². The van der Waals surface area contributed by atoms with Gasteiger partial charge >= 0.3 is 0 Å². The number of hydrogen-bond donors (Lipinski definition) is 2. The van der Waals surface area contributed by atoms with Gasteiger partial charge in [0.15, 0.2) is 6.61 Å². The Kier molecular flexibility index (Phi) is 6.78. The van der Waals surface area contributed by atoms with Gasteiger partial charge in [-0.25, -0.2) is 0 Å². The van der Waals surface area contributed by atoms with Crippen LogP contribution in [0.15, 0.2) is 60.7 Å². The monoisotopic (exact) mass is 408 g/mol. The topological polar surface area (TPSA) is 50.4 Å². The van der Waals surface area contributed by atoms with Gasteiger partial charge in [-0.15, -0.1) is 0 Å². The molecule has 29 heavy (non-hydrogen) atoms. The maximum absolute atomic E-state index is 12.2. The minimum absolute atomic E-state index is 0.0701. The Morgan fingerprint density at radius 1 is 0.966 bits per heavy atom. The number of rotatable bonds is 7. The third-order valence-corrected chi connectivity index (χ3v) is 5.22. The average Bonchev–Trinajstić information content (AvgIpc) is 2.71. The van der Waals surface area contributed by atoms with Crippen LogP contribution in [-0.4, -0.2) is 12.5 Å². The highest BCUT2D eigenvalue weighted by atomic mass is 35.5. The first-order chi connectivity index (χ1) is 13.9. The Labute approximate surface area is 176 Å². The molecule has 4 nitrogen and oxygen atoms in total. The predicted octanol–water partition coefficient (Wildman–Crippen LogP) is 5.89. The van der Waals surface area contributed by atoms with E-state index in [1.165, 1.54) is 11.1 Å². The average molecular weight is 409 g/mol. The molecule has 0 aromatic heterocycles. The summed E-state index contributed by atoms with van der Waals surface area (Å²) in [6, 6.07) is 19.4. The van der Waals surface area contributed by atoms with Gasteiger partial charge in [0.25, 0.3) is 5.91 Å². The molecular formula is C24H25ClN2O2. The molecule has 5 heteroatoms. The van der Waals surface area contributed by atoms with Crippen molar-refractivity contribution in [3.63, 3.8) is 0 Å². The number of halogens is 1. The molecule has 0 bridgehead atoms. The molecule has 3 rings (SSSR count). The predicted molar refractivity (Wildman–Crippen MR) is 120 cm³/mol. The molecule has 0 heterocycles. The van der Waals surface area contributed by atoms with Gasteiger partial charge in [-0.2, -0.15) is 0 Å². The minimum Gasteiger partial charge on any atom is -0.484 e. The summed E-state index contributed by atoms with van der Waals surface area (Å²) in [7, 11) is 0. The first-order valence-corrected chi connectivity index (χ1v) is 9.88. The van der Waals surface area contributed by atoms with Crippen LogP contribution >= 0.6 is 11.6 Å². The number of nitrogens with one attached hydrogen (secondary N) is 2. The molecule has 0 aliphatic carbocycles. The molecule has 0 aliphatic rings. The highest BCUT2D eigenvalue weighted by Crippen LogP contribution is 2.21. The molecule has 0 saturated carbocycles. The summed E-state index contributed by atoms with van der Waals surface area (Å²) in [4.78, 5) is 12.2. The van der Waals surface area contributed by atoms with Gasteiger partial charge in [0.1, 0.15) is 5.75 Å². The maximum Gasteiger partial charge on any atom is 0.262 e. The van der Waals surface area contributed by atoms with Crippen LogP contribution in [0.3, 0.4) is 0 Å². The van der Waals surface area contributed by atoms with Crippen molar-refractivity contribution in [2.45, 2.75) is 27.3 Å². The van der Waals surface area contributed by atoms with E-state index < -0.39 is 0 Å². The van der Waals surface area contributed by atoms with Crippen molar-refractivity contribution in [1.82, 2.24) is 0 Å². The van der Waals surface area contributed by atoms with Crippen LogP contribution in [0.1, 0.15) is 22.3 Å². The van der Waals surface area contributed by atoms with E-state index in [2.05, 4.69) is 36.6 Å². The normalized spacial score (nSPS) is 10.5. The summed E-state index contributed by atoms with van der Waals surface area (Å²) in [5, 5.41) is 6.87. The zero-order chi connectivity index (χ0) is 20.8. The Bertz CT molecular complexity index is 1020. The van der Waals surface area contributed by atoms with E-state index in [0.717, 1.165) is 16.8 Å². The van der Waals surface area contributed by atoms with Crippen molar-refractivity contribution in [3.05, 3.63) is 87.9 Å². The third kappa shape index (κ3) is 5.75. The summed E-state index contributed by atoms with van der Waals surface area (Å²) in [5.74, 6) is 0.422. The molecular weight excluding hydrogens is 384 g/mol. The van der Waals surface area contributed by atoms with Crippen LogP contribution in [0, 0.1) is 20.8 Å². The van der Waals surface area contributed by atoms with Crippen molar-refractivity contribution < 1.29 is 9.53 Å². The van der Waals surface area contributed by atoms with Crippen LogP contribution in [0.4, 0.5) is 11.4 Å². The van der Waals surface area contributed by atoms with E-state index in [-0.39, 0.29) is 12.5 Å². The lowest BCUT2D eigenvalue weighted by atomic mass is 10.1. The molecule has 0 unspecified atom stereocenters. The van der Waals surface area contributed by atoms with Crippen LogP contribution in [0.25, 0.3) is 0 Å². The third-order valence-electron chi connectivity index (χ3n) is 4.81. The van der Waals surface area contributed by atoms with Gasteiger partial charge in [-0.1, -0.05) is 41.9 Å². The lowest BCUT2D eigenvalue weighted by Crippen LogP contribution is -2.20. The molecule has 0 saturated heterocycles. The number of anilines is 2. The molecule has 3 aromatic carbocycles. The lowest BCUT2D eigenvalue weighted by molar-refractivity contribution is -0.118. The lowest BCUT2D eigenvalue weighted by Gasteiger charge is -2.13. The highest BCUT2D eigenvalue weighted by Gasteiger charge is 2.06. The molecule has 0 aliphatic heterocycles. The van der Waals surface area contributed by atoms with Crippen molar-refractivity contribution in [2.24, 2.45) is 0 Å². The van der Waals surface area contributed by atoms with Crippen LogP contribution in [0.2, 0.25) is 5.02 Å². The van der Waals surface area contributed by atoms with Gasteiger partial charge in [0.2, 0.25) is 0 Å². The van der Waals surface area contributed by atoms with Crippen molar-refractivity contribution >= 4 is 28.9 Å². The van der Waals surface area contributed by atoms with Crippen molar-refractivity contribution in [3.8, 4) is 5.75 Å². The van der Waals surface area contributed by atoms with E-state index in [9.17, 15) is 4.79 Å². The molecule has 0 radical (unpaired) electrons. The fraction of sp³-hybridized carbons (Fsp3) is 0.208. The number of hydrogen-bond acceptors (Lipinski definition) is 3. The van der Waals surface area contributed by atoms with Gasteiger partial charge < -0.3 is 15.4 Å². The van der Waals surface area contributed by atoms with E-state index in [0.29, 0.717) is 23.0 Å². The zero-order valence-corrected chi connectivity index (χ0v) is 17.6. The van der Waals surface area contributed by atoms with Gasteiger partial charge in [-0.3, -0.25) is 4.79 Å². The Morgan fingerprint density at radius 2 is 1.76 bits per heavy atom.